The summed E-state index contributed by atoms with van der Waals surface area (Å²) < 4.78 is 0.711. The zero-order chi connectivity index (χ0) is 13.1. The van der Waals surface area contributed by atoms with Crippen LogP contribution in [0.1, 0.15) is 30.6 Å². The van der Waals surface area contributed by atoms with Crippen LogP contribution in [-0.2, 0) is 0 Å². The number of rotatable bonds is 4. The number of halogens is 1. The fraction of sp³-hybridized carbons (Fsp3) is 0.417. The van der Waals surface area contributed by atoms with Crippen molar-refractivity contribution in [2.24, 2.45) is 0 Å². The lowest BCUT2D eigenvalue weighted by molar-refractivity contribution is 0.0517. The topological polar surface area (TPSA) is 69.6 Å². The molecule has 94 valence electrons. The van der Waals surface area contributed by atoms with Crippen molar-refractivity contribution in [3.05, 3.63) is 28.2 Å². The fourth-order valence-electron chi connectivity index (χ4n) is 1.18. The molecule has 1 aromatic rings. The first-order chi connectivity index (χ1) is 7.85. The third-order valence-corrected chi connectivity index (χ3v) is 3.09. The van der Waals surface area contributed by atoms with Crippen LogP contribution in [0.5, 0.6) is 5.75 Å². The first-order valence-corrected chi connectivity index (χ1v) is 6.14. The third-order valence-electron chi connectivity index (χ3n) is 2.59. The average Bonchev–Trinajstić information content (AvgIpc) is 2.29. The molecule has 0 aliphatic carbocycles. The Balaban J connectivity index is 2.74. The molecule has 0 spiro atoms. The Hall–Kier alpha value is -1.07. The molecule has 3 N–H and O–H groups in total. The highest BCUT2D eigenvalue weighted by molar-refractivity contribution is 9.10. The molecule has 0 radical (unpaired) electrons. The summed E-state index contributed by atoms with van der Waals surface area (Å²) in [6, 6.07) is 4.62. The van der Waals surface area contributed by atoms with E-state index in [2.05, 4.69) is 21.2 Å². The molecule has 17 heavy (non-hydrogen) atoms. The largest absolute Gasteiger partial charge is 0.507 e. The van der Waals surface area contributed by atoms with Crippen LogP contribution < -0.4 is 5.32 Å². The Labute approximate surface area is 109 Å². The van der Waals surface area contributed by atoms with Crippen molar-refractivity contribution in [1.29, 1.82) is 0 Å². The van der Waals surface area contributed by atoms with Gasteiger partial charge in [-0.25, -0.2) is 0 Å². The molecule has 0 aromatic heterocycles. The number of carbonyl (C=O) groups is 1. The van der Waals surface area contributed by atoms with Crippen molar-refractivity contribution in [3.63, 3.8) is 0 Å². The summed E-state index contributed by atoms with van der Waals surface area (Å²) in [5, 5.41) is 21.9. The van der Waals surface area contributed by atoms with Crippen molar-refractivity contribution >= 4 is 21.8 Å². The van der Waals surface area contributed by atoms with Gasteiger partial charge in [-0.3, -0.25) is 4.79 Å². The predicted molar refractivity (Wildman–Crippen MR) is 69.1 cm³/mol. The fourth-order valence-corrected chi connectivity index (χ4v) is 1.54. The minimum atomic E-state index is -0.933. The van der Waals surface area contributed by atoms with Crippen molar-refractivity contribution in [2.45, 2.75) is 25.9 Å². The van der Waals surface area contributed by atoms with Crippen LogP contribution in [0.4, 0.5) is 0 Å². The van der Waals surface area contributed by atoms with Gasteiger partial charge in [0.25, 0.3) is 5.91 Å². The van der Waals surface area contributed by atoms with Gasteiger partial charge in [-0.1, -0.05) is 22.9 Å². The molecule has 1 amide bonds. The van der Waals surface area contributed by atoms with Crippen molar-refractivity contribution in [3.8, 4) is 5.75 Å². The first-order valence-electron chi connectivity index (χ1n) is 5.35. The lowest BCUT2D eigenvalue weighted by Crippen LogP contribution is -2.40. The maximum atomic E-state index is 11.8. The zero-order valence-corrected chi connectivity index (χ0v) is 11.4. The Morgan fingerprint density at radius 2 is 2.18 bits per heavy atom. The maximum Gasteiger partial charge on any atom is 0.255 e. The Kier molecular flexibility index (Phi) is 4.54. The summed E-state index contributed by atoms with van der Waals surface area (Å²) in [7, 11) is 0. The van der Waals surface area contributed by atoms with Crippen LogP contribution in [0.25, 0.3) is 0 Å². The SMILES string of the molecule is CCC(C)(O)CNC(=O)c1cc(Br)ccc1O. The highest BCUT2D eigenvalue weighted by atomic mass is 79.9. The number of benzene rings is 1. The van der Waals surface area contributed by atoms with E-state index in [0.29, 0.717) is 10.9 Å². The van der Waals surface area contributed by atoms with Crippen LogP contribution in [-0.4, -0.2) is 28.3 Å². The molecular weight excluding hydrogens is 286 g/mol. The number of nitrogens with one attached hydrogen (secondary N) is 1. The molecule has 0 aliphatic rings. The number of aliphatic hydroxyl groups is 1. The van der Waals surface area contributed by atoms with E-state index >= 15 is 0 Å². The van der Waals surface area contributed by atoms with E-state index in [4.69, 9.17) is 0 Å². The van der Waals surface area contributed by atoms with Crippen LogP contribution >= 0.6 is 15.9 Å². The summed E-state index contributed by atoms with van der Waals surface area (Å²) in [6.07, 6.45) is 0.539. The number of carbonyl (C=O) groups excluding carboxylic acids is 1. The highest BCUT2D eigenvalue weighted by Gasteiger charge is 2.20. The van der Waals surface area contributed by atoms with Crippen molar-refractivity contribution in [1.82, 2.24) is 5.32 Å². The van der Waals surface area contributed by atoms with E-state index < -0.39 is 11.5 Å². The van der Waals surface area contributed by atoms with E-state index in [1.54, 1.807) is 13.0 Å². The quantitative estimate of drug-likeness (QED) is 0.797. The highest BCUT2D eigenvalue weighted by Crippen LogP contribution is 2.21. The number of hydrogen-bond acceptors (Lipinski definition) is 3. The van der Waals surface area contributed by atoms with Crippen LogP contribution in [0, 0.1) is 0 Å². The lowest BCUT2D eigenvalue weighted by Gasteiger charge is -2.21. The van der Waals surface area contributed by atoms with Gasteiger partial charge in [0.05, 0.1) is 11.2 Å². The molecule has 0 heterocycles. The summed E-state index contributed by atoms with van der Waals surface area (Å²) in [5.74, 6) is -0.487. The molecule has 5 heteroatoms. The summed E-state index contributed by atoms with van der Waals surface area (Å²) in [6.45, 7) is 3.63. The van der Waals surface area contributed by atoms with Gasteiger partial charge in [-0.05, 0) is 31.5 Å². The van der Waals surface area contributed by atoms with Crippen LogP contribution in [0.3, 0.4) is 0 Å². The second-order valence-electron chi connectivity index (χ2n) is 4.19. The monoisotopic (exact) mass is 301 g/mol. The number of amides is 1. The molecule has 4 nitrogen and oxygen atoms in total. The Morgan fingerprint density at radius 3 is 2.76 bits per heavy atom. The Morgan fingerprint density at radius 1 is 1.53 bits per heavy atom. The lowest BCUT2D eigenvalue weighted by atomic mass is 10.0. The van der Waals surface area contributed by atoms with Gasteiger partial charge in [0.15, 0.2) is 0 Å². The molecule has 1 aromatic carbocycles. The van der Waals surface area contributed by atoms with Crippen molar-refractivity contribution in [2.75, 3.05) is 6.54 Å². The normalized spacial score (nSPS) is 14.1. The number of hydrogen-bond donors (Lipinski definition) is 3. The average molecular weight is 302 g/mol. The molecular formula is C12H16BrNO3. The summed E-state index contributed by atoms with van der Waals surface area (Å²) >= 11 is 3.23. The summed E-state index contributed by atoms with van der Waals surface area (Å²) in [5.41, 5.74) is -0.747. The predicted octanol–water partition coefficient (Wildman–Crippen LogP) is 2.05. The Bertz CT molecular complexity index is 418. The molecule has 1 unspecified atom stereocenters. The van der Waals surface area contributed by atoms with Gasteiger partial charge in [0.1, 0.15) is 5.75 Å². The molecule has 0 saturated carbocycles. The van der Waals surface area contributed by atoms with Gasteiger partial charge < -0.3 is 15.5 Å². The third kappa shape index (κ3) is 4.02. The molecule has 0 saturated heterocycles. The standard InChI is InChI=1S/C12H16BrNO3/c1-3-12(2,17)7-14-11(16)9-6-8(13)4-5-10(9)15/h4-6,15,17H,3,7H2,1-2H3,(H,14,16). The van der Waals surface area contributed by atoms with E-state index in [-0.39, 0.29) is 17.9 Å². The molecule has 1 atom stereocenters. The molecule has 0 bridgehead atoms. The number of phenolic OH excluding ortho intramolecular Hbond substituents is 1. The van der Waals surface area contributed by atoms with Crippen molar-refractivity contribution < 1.29 is 15.0 Å². The van der Waals surface area contributed by atoms with Gasteiger partial charge in [0.2, 0.25) is 0 Å². The van der Waals surface area contributed by atoms with Gasteiger partial charge >= 0.3 is 0 Å². The van der Waals surface area contributed by atoms with Gasteiger partial charge in [0, 0.05) is 11.0 Å². The molecule has 0 fully saturated rings. The van der Waals surface area contributed by atoms with E-state index in [0.717, 1.165) is 0 Å². The number of phenols is 1. The van der Waals surface area contributed by atoms with E-state index in [1.807, 2.05) is 6.92 Å². The number of aromatic hydroxyl groups is 1. The van der Waals surface area contributed by atoms with Gasteiger partial charge in [-0.2, -0.15) is 0 Å². The van der Waals surface area contributed by atoms with E-state index in [1.165, 1.54) is 12.1 Å². The van der Waals surface area contributed by atoms with Crippen LogP contribution in [0.2, 0.25) is 0 Å². The minimum absolute atomic E-state index is 0.0816. The van der Waals surface area contributed by atoms with Crippen LogP contribution in [0.15, 0.2) is 22.7 Å². The summed E-state index contributed by atoms with van der Waals surface area (Å²) in [4.78, 5) is 11.8. The second-order valence-corrected chi connectivity index (χ2v) is 5.11. The maximum absolute atomic E-state index is 11.8. The van der Waals surface area contributed by atoms with E-state index in [9.17, 15) is 15.0 Å². The minimum Gasteiger partial charge on any atom is -0.507 e. The second kappa shape index (κ2) is 5.51. The zero-order valence-electron chi connectivity index (χ0n) is 9.83. The first kappa shape index (κ1) is 14.0. The smallest absolute Gasteiger partial charge is 0.255 e. The molecule has 1 rings (SSSR count). The molecule has 0 aliphatic heterocycles. The van der Waals surface area contributed by atoms with Gasteiger partial charge in [-0.15, -0.1) is 0 Å².